The highest BCUT2D eigenvalue weighted by molar-refractivity contribution is 8.00. The van der Waals surface area contributed by atoms with Gasteiger partial charge in [0.05, 0.1) is 81.3 Å². The minimum absolute atomic E-state index is 0.0254. The van der Waals surface area contributed by atoms with Gasteiger partial charge in [-0.1, -0.05) is 111 Å². The van der Waals surface area contributed by atoms with Crippen molar-refractivity contribution in [1.82, 2.24) is 31.1 Å². The number of imide groups is 1. The van der Waals surface area contributed by atoms with E-state index in [2.05, 4.69) is 21.3 Å². The Kier molecular flexibility index (Phi) is 45.4. The Morgan fingerprint density at radius 2 is 1.13 bits per heavy atom. The molecule has 0 saturated carbocycles. The van der Waals surface area contributed by atoms with Crippen molar-refractivity contribution in [3.8, 4) is 11.5 Å². The fourth-order valence-corrected chi connectivity index (χ4v) is 21.3. The summed E-state index contributed by atoms with van der Waals surface area (Å²) in [5.41, 5.74) is -2.10. The molecule has 9 rings (SSSR count). The SMILES string of the molecule is COc1cc2cc(c1Cl)N(C)C(=O)CC(OC(=O)C(C)N(C)C(=O)CCCCCSCNC(=O)C(C)CC(=O)C(C)NC(=O)C(C)CC(=O)CCCSC1CC(=O)N(CCCC(=O)O)C1=O)C1(C)OC1C(C)C1CC(O)(NC(=O)O1)C(OC)/C=C/C=C(\C)C2.COc1cc2cc(c1Cl)N(C)C(=O)CC(OC(=O)C(C)[NH+](C)C(=O)CCCCCS(C)=O)C1(C)OC1C(C)C1CC(O)(NC(=O)O1)C(OC)/C=C/C=C(\C)C2. The number of carbonyl (C=O) groups is 15. The van der Waals surface area contributed by atoms with Gasteiger partial charge in [0.15, 0.2) is 23.3 Å². The maximum Gasteiger partial charge on any atom is 0.409 e. The molecule has 0 aliphatic carbocycles. The van der Waals surface area contributed by atoms with Crippen molar-refractivity contribution in [3.05, 3.63) is 93.0 Å². The van der Waals surface area contributed by atoms with Crippen LogP contribution >= 0.6 is 46.7 Å². The Bertz CT molecular complexity index is 5120. The number of quaternary nitrogens is 1. The molecule has 2 aromatic carbocycles. The number of epoxide rings is 2. The van der Waals surface area contributed by atoms with Crippen molar-refractivity contribution in [1.29, 1.82) is 0 Å². The van der Waals surface area contributed by atoms with Crippen LogP contribution in [0.3, 0.4) is 0 Å². The number of aliphatic hydroxyl groups is 2. The van der Waals surface area contributed by atoms with E-state index in [-0.39, 0.29) is 141 Å². The number of carbonyl (C=O) groups excluding carboxylic acids is 14. The molecule has 8 bridgehead atoms. The highest BCUT2D eigenvalue weighted by Gasteiger charge is 2.67. The van der Waals surface area contributed by atoms with Gasteiger partial charge in [0.1, 0.15) is 81.2 Å². The number of aliphatic carboxylic acids is 1. The Morgan fingerprint density at radius 3 is 1.62 bits per heavy atom. The maximum atomic E-state index is 14.4. The molecule has 2 aromatic rings. The number of anilines is 2. The first kappa shape index (κ1) is 120. The maximum absolute atomic E-state index is 14.4. The van der Waals surface area contributed by atoms with E-state index in [4.69, 9.17) is 75.7 Å². The number of allylic oxidation sites excluding steroid dienone is 6. The summed E-state index contributed by atoms with van der Waals surface area (Å²) in [6.45, 7) is 18.7. The number of likely N-dealkylation sites (tertiary alicyclic amines) is 1. The van der Waals surface area contributed by atoms with Gasteiger partial charge in [-0.2, -0.15) is 0 Å². The average molecular weight is 2120 g/mol. The first-order chi connectivity index (χ1) is 67.8. The minimum atomic E-state index is -1.88. The topological polar surface area (TPSA) is 498 Å². The molecule has 0 radical (unpaired) electrons. The van der Waals surface area contributed by atoms with Crippen molar-refractivity contribution in [2.24, 2.45) is 23.7 Å². The third kappa shape index (κ3) is 32.8. The largest absolute Gasteiger partial charge is 0.495 e. The zero-order chi connectivity index (χ0) is 107. The molecule has 7 aliphatic rings. The Hall–Kier alpha value is -9.40. The second-order valence-corrected chi connectivity index (χ2v) is 43.7. The lowest BCUT2D eigenvalue weighted by atomic mass is 9.83. The highest BCUT2D eigenvalue weighted by atomic mass is 35.5. The van der Waals surface area contributed by atoms with Crippen LogP contribution in [0.4, 0.5) is 21.0 Å². The van der Waals surface area contributed by atoms with Crippen molar-refractivity contribution >= 4 is 158 Å². The van der Waals surface area contributed by atoms with Crippen LogP contribution in [-0.4, -0.2) is 306 Å². The molecule has 7 heterocycles. The van der Waals surface area contributed by atoms with Crippen LogP contribution in [0.25, 0.3) is 0 Å². The number of alkyl carbamates (subject to hydrolysis) is 2. The first-order valence-electron chi connectivity index (χ1n) is 48.8. The Morgan fingerprint density at radius 1 is 0.639 bits per heavy atom. The number of nitrogens with zero attached hydrogens (tertiary/aromatic N) is 4. The molecule has 43 heteroatoms. The Balaban J connectivity index is 0.000000393. The summed E-state index contributed by atoms with van der Waals surface area (Å²) in [6.07, 6.45) is 7.80. The summed E-state index contributed by atoms with van der Waals surface area (Å²) in [6, 6.07) is 4.23. The van der Waals surface area contributed by atoms with Gasteiger partial charge in [-0.25, -0.2) is 24.0 Å². The number of fused-ring (bicyclic) bond motifs is 10. The number of methoxy groups -OCH3 is 4. The predicted molar refractivity (Wildman–Crippen MR) is 541 cm³/mol. The van der Waals surface area contributed by atoms with Gasteiger partial charge >= 0.3 is 36.0 Å². The van der Waals surface area contributed by atoms with E-state index in [0.29, 0.717) is 83.6 Å². The number of rotatable bonds is 41. The molecule has 7 aliphatic heterocycles. The summed E-state index contributed by atoms with van der Waals surface area (Å²) in [7, 11) is 11.1. The number of amides is 10. The average Bonchev–Trinajstić information content (AvgIpc) is 1.57. The fourth-order valence-electron chi connectivity index (χ4n) is 18.1. The number of ketones is 2. The molecule has 800 valence electrons. The molecule has 144 heavy (non-hydrogen) atoms. The fraction of sp³-hybridized carbons (Fsp3) is 0.653. The Labute approximate surface area is 863 Å². The van der Waals surface area contributed by atoms with Crippen molar-refractivity contribution in [2.75, 3.05) is 102 Å². The number of Topliss-reactive ketones (excluding diaryl/α,β-unsaturated/α-hetero) is 2. The number of ether oxygens (including phenoxy) is 10. The lowest BCUT2D eigenvalue weighted by Crippen LogP contribution is -3.16. The molecule has 0 aromatic heterocycles. The van der Waals surface area contributed by atoms with Crippen LogP contribution in [-0.2, 0) is 124 Å². The number of unbranched alkanes of at least 4 members (excludes halogenated alkanes) is 4. The van der Waals surface area contributed by atoms with Gasteiger partial charge in [-0.15, -0.1) is 23.5 Å². The van der Waals surface area contributed by atoms with Crippen LogP contribution in [0.2, 0.25) is 10.0 Å². The lowest BCUT2D eigenvalue weighted by molar-refractivity contribution is -0.815. The third-order valence-electron chi connectivity index (χ3n) is 27.7. The van der Waals surface area contributed by atoms with Crippen LogP contribution in [0.15, 0.2) is 71.9 Å². The quantitative estimate of drug-likeness (QED) is 0.00767. The molecule has 8 N–H and O–H groups in total. The van der Waals surface area contributed by atoms with E-state index in [0.717, 1.165) is 46.4 Å². The van der Waals surface area contributed by atoms with Crippen molar-refractivity contribution < 1.29 is 144 Å². The second kappa shape index (κ2) is 54.5. The zero-order valence-electron chi connectivity index (χ0n) is 86.1. The van der Waals surface area contributed by atoms with Gasteiger partial charge < -0.3 is 88.0 Å². The molecule has 5 saturated heterocycles. The van der Waals surface area contributed by atoms with Gasteiger partial charge in [-0.3, -0.25) is 72.6 Å². The molecule has 5 fully saturated rings. The number of nitrogens with one attached hydrogen (secondary N) is 5. The van der Waals surface area contributed by atoms with E-state index >= 15 is 0 Å². The number of hydrogen-bond donors (Lipinski definition) is 8. The van der Waals surface area contributed by atoms with E-state index in [1.54, 1.807) is 124 Å². The number of likely N-dealkylation sites (N-methyl/N-ethyl adjacent to an activating group) is 2. The van der Waals surface area contributed by atoms with Gasteiger partial charge in [0, 0.05) is 140 Å². The number of esters is 2. The molecule has 22 atom stereocenters. The van der Waals surface area contributed by atoms with Gasteiger partial charge in [0.25, 0.3) is 0 Å². The molecular formula is C101H146Cl2N9O29S3+. The molecular weight excluding hydrogens is 1970 g/mol. The molecule has 38 nitrogen and oxygen atoms in total. The molecule has 10 amide bonds. The van der Waals surface area contributed by atoms with Gasteiger partial charge in [-0.05, 0) is 147 Å². The number of carboxylic acids is 1. The zero-order valence-corrected chi connectivity index (χ0v) is 90.1. The summed E-state index contributed by atoms with van der Waals surface area (Å²) >= 11 is 16.3. The molecule has 22 unspecified atom stereocenters. The number of hydrogen-bond acceptors (Lipinski definition) is 30. The van der Waals surface area contributed by atoms with Crippen LogP contribution in [0.5, 0.6) is 11.5 Å². The van der Waals surface area contributed by atoms with Crippen LogP contribution in [0, 0.1) is 23.7 Å². The third-order valence-corrected chi connectivity index (χ3v) is 31.6. The van der Waals surface area contributed by atoms with Crippen LogP contribution < -0.4 is 45.4 Å². The van der Waals surface area contributed by atoms with Crippen molar-refractivity contribution in [3.63, 3.8) is 0 Å². The smallest absolute Gasteiger partial charge is 0.409 e. The van der Waals surface area contributed by atoms with Gasteiger partial charge in [0.2, 0.25) is 41.4 Å². The number of thioether (sulfide) groups is 2. The first-order valence-corrected chi connectivity index (χ1v) is 53.5. The highest BCUT2D eigenvalue weighted by Crippen LogP contribution is 2.52. The van der Waals surface area contributed by atoms with E-state index < -0.39 is 177 Å². The summed E-state index contributed by atoms with van der Waals surface area (Å²) in [4.78, 5) is 202. The number of carboxylic acid groups (broad SMARTS) is 1. The predicted octanol–water partition coefficient (Wildman–Crippen LogP) is 9.12. The van der Waals surface area contributed by atoms with Crippen molar-refractivity contribution in [2.45, 2.75) is 306 Å². The summed E-state index contributed by atoms with van der Waals surface area (Å²) in [5, 5.41) is 42.8. The summed E-state index contributed by atoms with van der Waals surface area (Å²) in [5.74, 6) is -5.79. The number of halogens is 2. The normalized spacial score (nSPS) is 28.2. The lowest BCUT2D eigenvalue weighted by Gasteiger charge is -2.42. The minimum Gasteiger partial charge on any atom is -0.495 e. The monoisotopic (exact) mass is 2110 g/mol. The van der Waals surface area contributed by atoms with E-state index in [1.807, 2.05) is 26.0 Å². The second-order valence-electron chi connectivity index (χ2n) is 38.9. The van der Waals surface area contributed by atoms with Crippen LogP contribution in [0.1, 0.15) is 209 Å². The summed E-state index contributed by atoms with van der Waals surface area (Å²) < 4.78 is 70.1. The van der Waals surface area contributed by atoms with E-state index in [9.17, 15) is 86.3 Å². The standard InChI is InChI=1S/C62H89ClN6O18S2.C39H56ClN3O11S/c1-35-18-15-20-48(84-11)62(82)33-46(85-60(81)66-62)38(4)55-61(7,87-55)49(32-51(73)68(9)43-29-41(26-35)30-45(83-10)54(43)63)86-59(80)40(6)67(8)50(72)21-13-12-14-24-88-34-64-56(77)37(3)28-44(71)39(5)65-57(78)36(2)27-42(70)19-17-25-89-47-31-52(74)69(58(47)79)23-16-22-53(75)76;1-23-14-13-15-30(51-8)39(48)22-29(52-37(47)41-39)24(2)35-38(4,54-35)31(21-33(45)43(6)27-19-26(18-23)20-28(50-7)34(27)40)53-36(46)25(3)42(5)32(44)16-11-10-12-17-55(9)49/h15,18,20,29-30,36-40,46-49,55,82H,12-14,16-17,19,21-28,31-34H2,1-11H3,(H,64,77)(H,65,78)(H,66,81)(H,75,76);13-15,19-20,24-25,29-31,35,48H,10-12,16-18,21-22H2,1-9H3,(H,41,47)/p+1/b20-15+,35-18+;15-13+,23-14+. The number of benzene rings is 2. The molecule has 0 spiro atoms. The van der Waals surface area contributed by atoms with E-state index in [1.165, 1.54) is 87.6 Å².